The van der Waals surface area contributed by atoms with E-state index in [-0.39, 0.29) is 36.0 Å². The number of amides is 1. The number of rotatable bonds is 10. The van der Waals surface area contributed by atoms with Crippen LogP contribution in [0.25, 0.3) is 0 Å². The smallest absolute Gasteiger partial charge is 0.372 e. The van der Waals surface area contributed by atoms with Gasteiger partial charge in [0.15, 0.2) is 0 Å². The minimum absolute atomic E-state index is 0.0136. The van der Waals surface area contributed by atoms with Crippen molar-refractivity contribution in [1.29, 1.82) is 0 Å². The lowest BCUT2D eigenvalue weighted by Crippen LogP contribution is -2.41. The van der Waals surface area contributed by atoms with Crippen molar-refractivity contribution in [2.24, 2.45) is 5.92 Å². The van der Waals surface area contributed by atoms with Gasteiger partial charge in [0.25, 0.3) is 0 Å². The molecule has 0 saturated carbocycles. The number of furan rings is 1. The van der Waals surface area contributed by atoms with Gasteiger partial charge >= 0.3 is 5.97 Å². The molecule has 35 heavy (non-hydrogen) atoms. The van der Waals surface area contributed by atoms with Crippen molar-refractivity contribution >= 4 is 11.9 Å². The van der Waals surface area contributed by atoms with E-state index >= 15 is 0 Å². The summed E-state index contributed by atoms with van der Waals surface area (Å²) in [6, 6.07) is 8.07. The van der Waals surface area contributed by atoms with Crippen molar-refractivity contribution in [3.05, 3.63) is 71.2 Å². The maximum Gasteiger partial charge on any atom is 0.372 e. The van der Waals surface area contributed by atoms with E-state index in [1.54, 1.807) is 18.2 Å². The van der Waals surface area contributed by atoms with Gasteiger partial charge in [-0.2, -0.15) is 0 Å². The third-order valence-electron chi connectivity index (χ3n) is 6.56. The van der Waals surface area contributed by atoms with Crippen LogP contribution >= 0.6 is 0 Å². The van der Waals surface area contributed by atoms with Crippen LogP contribution in [0, 0.1) is 11.7 Å². The van der Waals surface area contributed by atoms with Gasteiger partial charge in [-0.1, -0.05) is 24.3 Å². The average Bonchev–Trinajstić information content (AvgIpc) is 3.53. The highest BCUT2D eigenvalue weighted by molar-refractivity contribution is 5.86. The summed E-state index contributed by atoms with van der Waals surface area (Å²) in [5.74, 6) is -1.69. The minimum Gasteiger partial charge on any atom is -0.475 e. The first-order chi connectivity index (χ1) is 16.9. The lowest BCUT2D eigenvalue weighted by atomic mass is 9.95. The molecule has 10 heteroatoms. The quantitative estimate of drug-likeness (QED) is 0.455. The molecule has 0 spiro atoms. The summed E-state index contributed by atoms with van der Waals surface area (Å²) >= 11 is 0. The Labute approximate surface area is 202 Å². The summed E-state index contributed by atoms with van der Waals surface area (Å²) in [6.07, 6.45) is 6.35. The van der Waals surface area contributed by atoms with Crippen LogP contribution in [-0.2, 0) is 17.8 Å². The Hall–Kier alpha value is -3.53. The van der Waals surface area contributed by atoms with Crippen LogP contribution < -0.4 is 5.32 Å². The number of likely N-dealkylation sites (tertiary alicyclic amines) is 1. The molecule has 1 aliphatic rings. The second kappa shape index (κ2) is 11.3. The van der Waals surface area contributed by atoms with Gasteiger partial charge in [-0.05, 0) is 56.1 Å². The van der Waals surface area contributed by atoms with E-state index in [0.29, 0.717) is 5.56 Å². The summed E-state index contributed by atoms with van der Waals surface area (Å²) in [5, 5.41) is 20.6. The highest BCUT2D eigenvalue weighted by Crippen LogP contribution is 2.22. The SMILES string of the molecule is CC[C@H](c1ccc(F)cc1)n1cc(CCN2CCC(C(=O)NCc3ccoc3C(=O)O)CC2)nn1. The van der Waals surface area contributed by atoms with E-state index in [2.05, 4.69) is 27.5 Å². The van der Waals surface area contributed by atoms with Crippen LogP contribution in [-0.4, -0.2) is 56.5 Å². The van der Waals surface area contributed by atoms with E-state index in [9.17, 15) is 14.0 Å². The molecule has 9 nitrogen and oxygen atoms in total. The van der Waals surface area contributed by atoms with Gasteiger partial charge in [0.05, 0.1) is 18.0 Å². The van der Waals surface area contributed by atoms with Crippen molar-refractivity contribution in [1.82, 2.24) is 25.2 Å². The lowest BCUT2D eigenvalue weighted by Gasteiger charge is -2.31. The first-order valence-electron chi connectivity index (χ1n) is 11.9. The normalized spacial score (nSPS) is 15.7. The molecule has 1 atom stereocenters. The van der Waals surface area contributed by atoms with Gasteiger partial charge in [0.1, 0.15) is 5.82 Å². The molecule has 186 valence electrons. The molecule has 1 aliphatic heterocycles. The maximum atomic E-state index is 13.3. The third-order valence-corrected chi connectivity index (χ3v) is 6.56. The fourth-order valence-electron chi connectivity index (χ4n) is 4.52. The number of carboxylic acid groups (broad SMARTS) is 1. The summed E-state index contributed by atoms with van der Waals surface area (Å²) in [5.41, 5.74) is 2.36. The number of halogens is 1. The molecule has 0 bridgehead atoms. The molecule has 2 N–H and O–H groups in total. The summed E-state index contributed by atoms with van der Waals surface area (Å²) in [6.45, 7) is 4.66. The lowest BCUT2D eigenvalue weighted by molar-refractivity contribution is -0.126. The molecule has 3 aromatic rings. The van der Waals surface area contributed by atoms with Gasteiger partial charge in [0.2, 0.25) is 11.7 Å². The van der Waals surface area contributed by atoms with E-state index in [1.807, 2.05) is 10.9 Å². The molecule has 1 fully saturated rings. The highest BCUT2D eigenvalue weighted by atomic mass is 19.1. The largest absolute Gasteiger partial charge is 0.475 e. The van der Waals surface area contributed by atoms with Crippen LogP contribution in [0.15, 0.2) is 47.2 Å². The number of piperidine rings is 1. The Kier molecular flexibility index (Phi) is 7.91. The van der Waals surface area contributed by atoms with Crippen molar-refractivity contribution in [2.75, 3.05) is 19.6 Å². The van der Waals surface area contributed by atoms with E-state index in [4.69, 9.17) is 9.52 Å². The number of aromatic nitrogens is 3. The molecule has 3 heterocycles. The Morgan fingerprint density at radius 1 is 1.23 bits per heavy atom. The van der Waals surface area contributed by atoms with Gasteiger partial charge in [0, 0.05) is 37.2 Å². The predicted molar refractivity (Wildman–Crippen MR) is 125 cm³/mol. The first kappa shape index (κ1) is 24.6. The molecule has 0 aliphatic carbocycles. The zero-order chi connectivity index (χ0) is 24.8. The number of carbonyl (C=O) groups is 2. The molecule has 1 saturated heterocycles. The number of carboxylic acids is 1. The highest BCUT2D eigenvalue weighted by Gasteiger charge is 2.25. The summed E-state index contributed by atoms with van der Waals surface area (Å²) in [7, 11) is 0. The van der Waals surface area contributed by atoms with Gasteiger partial charge in [-0.25, -0.2) is 13.9 Å². The maximum absolute atomic E-state index is 13.3. The molecule has 1 amide bonds. The number of nitrogens with one attached hydrogen (secondary N) is 1. The molecule has 4 rings (SSSR count). The number of hydrogen-bond acceptors (Lipinski definition) is 6. The van der Waals surface area contributed by atoms with E-state index in [0.717, 1.165) is 56.6 Å². The number of hydrogen-bond donors (Lipinski definition) is 2. The molecule has 0 unspecified atom stereocenters. The molecule has 0 radical (unpaired) electrons. The molecule has 1 aromatic carbocycles. The Bertz CT molecular complexity index is 1130. The first-order valence-corrected chi connectivity index (χ1v) is 11.9. The van der Waals surface area contributed by atoms with Crippen molar-refractivity contribution in [2.45, 2.75) is 45.2 Å². The topological polar surface area (TPSA) is 113 Å². The Balaban J connectivity index is 1.22. The van der Waals surface area contributed by atoms with Crippen molar-refractivity contribution in [3.8, 4) is 0 Å². The fourth-order valence-corrected chi connectivity index (χ4v) is 4.52. The average molecular weight is 484 g/mol. The van der Waals surface area contributed by atoms with Gasteiger partial charge < -0.3 is 19.7 Å². The number of benzene rings is 1. The van der Waals surface area contributed by atoms with Crippen molar-refractivity contribution in [3.63, 3.8) is 0 Å². The standard InChI is InChI=1S/C25H30FN5O4/c1-2-22(17-3-5-20(26)6-4-17)31-16-21(28-29-31)9-13-30-11-7-18(8-12-30)24(32)27-15-19-10-14-35-23(19)25(33)34/h3-6,10,14,16,18,22H,2,7-9,11-13,15H2,1H3,(H,27,32)(H,33,34)/t22-/m1/s1. The zero-order valence-corrected chi connectivity index (χ0v) is 19.7. The number of carbonyl (C=O) groups excluding carboxylic acids is 1. The van der Waals surface area contributed by atoms with E-state index < -0.39 is 5.97 Å². The Morgan fingerprint density at radius 2 is 1.97 bits per heavy atom. The fraction of sp³-hybridized carbons (Fsp3) is 0.440. The summed E-state index contributed by atoms with van der Waals surface area (Å²) < 4.78 is 20.0. The van der Waals surface area contributed by atoms with Crippen LogP contribution in [0.1, 0.15) is 59.6 Å². The van der Waals surface area contributed by atoms with Crippen molar-refractivity contribution < 1.29 is 23.5 Å². The minimum atomic E-state index is -1.15. The third kappa shape index (κ3) is 6.13. The van der Waals surface area contributed by atoms with Gasteiger partial charge in [-0.15, -0.1) is 5.10 Å². The van der Waals surface area contributed by atoms with Crippen LogP contribution in [0.5, 0.6) is 0 Å². The molecule has 2 aromatic heterocycles. The Morgan fingerprint density at radius 3 is 2.66 bits per heavy atom. The second-order valence-corrected chi connectivity index (χ2v) is 8.83. The predicted octanol–water partition coefficient (Wildman–Crippen LogP) is 3.28. The van der Waals surface area contributed by atoms with Crippen LogP contribution in [0.3, 0.4) is 0 Å². The second-order valence-electron chi connectivity index (χ2n) is 8.83. The van der Waals surface area contributed by atoms with Gasteiger partial charge in [-0.3, -0.25) is 4.79 Å². The number of nitrogens with zero attached hydrogens (tertiary/aromatic N) is 4. The summed E-state index contributed by atoms with van der Waals surface area (Å²) in [4.78, 5) is 26.0. The van der Waals surface area contributed by atoms with E-state index in [1.165, 1.54) is 18.4 Å². The molecular formula is C25H30FN5O4. The number of aromatic carboxylic acids is 1. The van der Waals surface area contributed by atoms with Crippen LogP contribution in [0.4, 0.5) is 4.39 Å². The monoisotopic (exact) mass is 483 g/mol. The molecular weight excluding hydrogens is 453 g/mol. The van der Waals surface area contributed by atoms with Crippen LogP contribution in [0.2, 0.25) is 0 Å². The zero-order valence-electron chi connectivity index (χ0n) is 19.7.